The third-order valence-electron chi connectivity index (χ3n) is 2.93. The summed E-state index contributed by atoms with van der Waals surface area (Å²) in [6.45, 7) is 2.56. The highest BCUT2D eigenvalue weighted by Crippen LogP contribution is 2.27. The summed E-state index contributed by atoms with van der Waals surface area (Å²) in [6, 6.07) is 0.640. The van der Waals surface area contributed by atoms with E-state index in [1.807, 2.05) is 6.92 Å². The van der Waals surface area contributed by atoms with Crippen molar-refractivity contribution in [3.63, 3.8) is 0 Å². The van der Waals surface area contributed by atoms with Crippen molar-refractivity contribution < 1.29 is 13.2 Å². The summed E-state index contributed by atoms with van der Waals surface area (Å²) in [5, 5.41) is 6.88. The average Bonchev–Trinajstić information content (AvgIpc) is 2.81. The van der Waals surface area contributed by atoms with Gasteiger partial charge < -0.3 is 5.32 Å². The predicted octanol–water partition coefficient (Wildman–Crippen LogP) is 2.63. The molecule has 0 spiro atoms. The number of aromatic nitrogens is 2. The first-order chi connectivity index (χ1) is 9.06. The van der Waals surface area contributed by atoms with Gasteiger partial charge in [-0.05, 0) is 14.0 Å². The lowest BCUT2D eigenvalue weighted by Gasteiger charge is -2.16. The Morgan fingerprint density at radius 2 is 1.89 bits per heavy atom. The zero-order chi connectivity index (χ0) is 14.0. The second kappa shape index (κ2) is 5.44. The van der Waals surface area contributed by atoms with E-state index in [4.69, 9.17) is 0 Å². The second-order valence-electron chi connectivity index (χ2n) is 4.13. The minimum absolute atomic E-state index is 0.209. The SMILES string of the molecule is CCn1cc(C(NC)c2c(F)cc(F)cc2F)cn1. The van der Waals surface area contributed by atoms with Crippen molar-refractivity contribution in [1.82, 2.24) is 15.1 Å². The van der Waals surface area contributed by atoms with Crippen LogP contribution in [0.1, 0.15) is 24.1 Å². The van der Waals surface area contributed by atoms with Crippen LogP contribution in [0.5, 0.6) is 0 Å². The highest BCUT2D eigenvalue weighted by Gasteiger charge is 2.22. The number of benzene rings is 1. The van der Waals surface area contributed by atoms with Crippen LogP contribution >= 0.6 is 0 Å². The number of hydrogen-bond acceptors (Lipinski definition) is 2. The van der Waals surface area contributed by atoms with Crippen LogP contribution in [0.15, 0.2) is 24.5 Å². The summed E-state index contributed by atoms with van der Waals surface area (Å²) in [6.07, 6.45) is 3.23. The van der Waals surface area contributed by atoms with Gasteiger partial charge in [-0.2, -0.15) is 5.10 Å². The van der Waals surface area contributed by atoms with Crippen molar-refractivity contribution in [2.45, 2.75) is 19.5 Å². The van der Waals surface area contributed by atoms with Gasteiger partial charge in [-0.1, -0.05) is 0 Å². The van der Waals surface area contributed by atoms with Gasteiger partial charge in [0.05, 0.1) is 12.2 Å². The molecule has 0 saturated carbocycles. The van der Waals surface area contributed by atoms with Gasteiger partial charge in [0.1, 0.15) is 17.5 Å². The van der Waals surface area contributed by atoms with Gasteiger partial charge in [-0.15, -0.1) is 0 Å². The predicted molar refractivity (Wildman–Crippen MR) is 65.1 cm³/mol. The molecule has 0 bridgehead atoms. The summed E-state index contributed by atoms with van der Waals surface area (Å²) < 4.78 is 42.1. The normalized spacial score (nSPS) is 12.7. The second-order valence-corrected chi connectivity index (χ2v) is 4.13. The maximum Gasteiger partial charge on any atom is 0.134 e. The molecule has 1 N–H and O–H groups in total. The summed E-state index contributed by atoms with van der Waals surface area (Å²) in [7, 11) is 1.58. The molecule has 0 radical (unpaired) electrons. The highest BCUT2D eigenvalue weighted by molar-refractivity contribution is 5.32. The lowest BCUT2D eigenvalue weighted by atomic mass is 10.0. The molecule has 0 aliphatic rings. The first-order valence-corrected chi connectivity index (χ1v) is 5.90. The van der Waals surface area contributed by atoms with Gasteiger partial charge in [0, 0.05) is 36.0 Å². The summed E-state index contributed by atoms with van der Waals surface area (Å²) >= 11 is 0. The number of halogens is 3. The summed E-state index contributed by atoms with van der Waals surface area (Å²) in [5.74, 6) is -2.76. The Labute approximate surface area is 109 Å². The van der Waals surface area contributed by atoms with E-state index in [1.165, 1.54) is 6.20 Å². The smallest absolute Gasteiger partial charge is 0.134 e. The molecule has 19 heavy (non-hydrogen) atoms. The highest BCUT2D eigenvalue weighted by atomic mass is 19.1. The monoisotopic (exact) mass is 269 g/mol. The maximum atomic E-state index is 13.8. The van der Waals surface area contributed by atoms with E-state index < -0.39 is 23.5 Å². The fourth-order valence-electron chi connectivity index (χ4n) is 2.01. The number of aryl methyl sites for hydroxylation is 1. The van der Waals surface area contributed by atoms with Crippen molar-refractivity contribution in [3.8, 4) is 0 Å². The Balaban J connectivity index is 2.47. The molecule has 1 aromatic carbocycles. The van der Waals surface area contributed by atoms with Crippen LogP contribution in [0.25, 0.3) is 0 Å². The quantitative estimate of drug-likeness (QED) is 0.924. The largest absolute Gasteiger partial charge is 0.309 e. The first kappa shape index (κ1) is 13.6. The zero-order valence-corrected chi connectivity index (χ0v) is 10.6. The topological polar surface area (TPSA) is 29.9 Å². The van der Waals surface area contributed by atoms with Crippen molar-refractivity contribution in [1.29, 1.82) is 0 Å². The Bertz CT molecular complexity index is 557. The molecule has 0 aliphatic heterocycles. The van der Waals surface area contributed by atoms with Crippen molar-refractivity contribution in [2.24, 2.45) is 0 Å². The van der Waals surface area contributed by atoms with Crippen molar-refractivity contribution in [3.05, 3.63) is 53.1 Å². The fraction of sp³-hybridized carbons (Fsp3) is 0.308. The van der Waals surface area contributed by atoms with Gasteiger partial charge in [0.2, 0.25) is 0 Å². The molecule has 0 aliphatic carbocycles. The molecule has 0 fully saturated rings. The molecule has 0 saturated heterocycles. The van der Waals surface area contributed by atoms with Gasteiger partial charge in [0.15, 0.2) is 0 Å². The van der Waals surface area contributed by atoms with Gasteiger partial charge in [-0.25, -0.2) is 13.2 Å². The molecule has 1 unspecified atom stereocenters. The van der Waals surface area contributed by atoms with Crippen LogP contribution in [0.4, 0.5) is 13.2 Å². The van der Waals surface area contributed by atoms with Gasteiger partial charge in [-0.3, -0.25) is 4.68 Å². The lowest BCUT2D eigenvalue weighted by Crippen LogP contribution is -2.20. The van der Waals surface area contributed by atoms with Crippen LogP contribution in [0, 0.1) is 17.5 Å². The van der Waals surface area contributed by atoms with Crippen LogP contribution in [0.2, 0.25) is 0 Å². The number of nitrogens with zero attached hydrogens (tertiary/aromatic N) is 2. The van der Waals surface area contributed by atoms with E-state index in [1.54, 1.807) is 17.9 Å². The molecular weight excluding hydrogens is 255 g/mol. The lowest BCUT2D eigenvalue weighted by molar-refractivity contribution is 0.500. The molecule has 1 aromatic heterocycles. The standard InChI is InChI=1S/C13H14F3N3/c1-3-19-7-8(6-18-19)13(17-2)12-10(15)4-9(14)5-11(12)16/h4-7,13,17H,3H2,1-2H3. The molecule has 1 atom stereocenters. The zero-order valence-electron chi connectivity index (χ0n) is 10.6. The molecule has 102 valence electrons. The molecule has 2 rings (SSSR count). The molecular formula is C13H14F3N3. The van der Waals surface area contributed by atoms with Crippen LogP contribution in [0.3, 0.4) is 0 Å². The average molecular weight is 269 g/mol. The number of hydrogen-bond donors (Lipinski definition) is 1. The van der Waals surface area contributed by atoms with Crippen molar-refractivity contribution in [2.75, 3.05) is 7.05 Å². The van der Waals surface area contributed by atoms with Crippen LogP contribution in [-0.4, -0.2) is 16.8 Å². The minimum atomic E-state index is -0.933. The Kier molecular flexibility index (Phi) is 3.90. The number of nitrogens with one attached hydrogen (secondary N) is 1. The maximum absolute atomic E-state index is 13.8. The van der Waals surface area contributed by atoms with Crippen LogP contribution < -0.4 is 5.32 Å². The molecule has 0 amide bonds. The van der Waals surface area contributed by atoms with E-state index in [0.717, 1.165) is 0 Å². The Morgan fingerprint density at radius 3 is 2.37 bits per heavy atom. The summed E-state index contributed by atoms with van der Waals surface area (Å²) in [5.41, 5.74) is 0.410. The number of rotatable bonds is 4. The van der Waals surface area contributed by atoms with E-state index in [-0.39, 0.29) is 5.56 Å². The fourth-order valence-corrected chi connectivity index (χ4v) is 2.01. The molecule has 2 aromatic rings. The molecule has 3 nitrogen and oxygen atoms in total. The van der Waals surface area contributed by atoms with Gasteiger partial charge >= 0.3 is 0 Å². The molecule has 6 heteroatoms. The van der Waals surface area contributed by atoms with E-state index in [9.17, 15) is 13.2 Å². The van der Waals surface area contributed by atoms with E-state index in [2.05, 4.69) is 10.4 Å². The molecule has 1 heterocycles. The Hall–Kier alpha value is -1.82. The van der Waals surface area contributed by atoms with Crippen molar-refractivity contribution >= 4 is 0 Å². The minimum Gasteiger partial charge on any atom is -0.309 e. The third-order valence-corrected chi connectivity index (χ3v) is 2.93. The van der Waals surface area contributed by atoms with Crippen LogP contribution in [-0.2, 0) is 6.54 Å². The van der Waals surface area contributed by atoms with Gasteiger partial charge in [0.25, 0.3) is 0 Å². The first-order valence-electron chi connectivity index (χ1n) is 5.90. The third kappa shape index (κ3) is 2.63. The summed E-state index contributed by atoms with van der Waals surface area (Å²) in [4.78, 5) is 0. The van der Waals surface area contributed by atoms with E-state index in [0.29, 0.717) is 24.2 Å². The Morgan fingerprint density at radius 1 is 1.26 bits per heavy atom. The van der Waals surface area contributed by atoms with E-state index >= 15 is 0 Å².